The second-order valence-corrected chi connectivity index (χ2v) is 4.63. The molecule has 5 N–H and O–H groups in total. The minimum atomic E-state index is -1.14. The number of amides is 1. The van der Waals surface area contributed by atoms with Gasteiger partial charge in [-0.25, -0.2) is 4.79 Å². The Morgan fingerprint density at radius 3 is 2.24 bits per heavy atom. The molecule has 0 unspecified atom stereocenters. The fourth-order valence-corrected chi connectivity index (χ4v) is 1.76. The first-order valence-electron chi connectivity index (χ1n) is 6.51. The van der Waals surface area contributed by atoms with Crippen molar-refractivity contribution in [2.45, 2.75) is 31.7 Å². The number of nitrogens with two attached hydrogens (primary N) is 1. The molecule has 0 aliphatic carbocycles. The number of anilines is 1. The van der Waals surface area contributed by atoms with Gasteiger partial charge in [0, 0.05) is 17.7 Å². The standard InChI is InChI=1S/C14H18N2O5/c15-10-7-5-9(6-8-10)13(19)16-11(14(20)21)3-1-2-4-12(17)18/h5-8,11H,1-4,15H2,(H,16,19)(H,17,18)(H,20,21)/t11-/m1/s1. The predicted molar refractivity (Wildman–Crippen MR) is 75.8 cm³/mol. The average Bonchev–Trinajstić information content (AvgIpc) is 2.42. The Morgan fingerprint density at radius 2 is 1.71 bits per heavy atom. The van der Waals surface area contributed by atoms with E-state index in [2.05, 4.69) is 5.32 Å². The molecule has 0 saturated heterocycles. The SMILES string of the molecule is Nc1ccc(C(=O)N[C@H](CCCCC(=O)O)C(=O)O)cc1. The maximum atomic E-state index is 11.9. The minimum absolute atomic E-state index is 0.0156. The van der Waals surface area contributed by atoms with Crippen LogP contribution in [0.4, 0.5) is 5.69 Å². The van der Waals surface area contributed by atoms with Crippen LogP contribution in [-0.2, 0) is 9.59 Å². The first-order chi connectivity index (χ1) is 9.90. The number of rotatable bonds is 8. The van der Waals surface area contributed by atoms with Gasteiger partial charge < -0.3 is 21.3 Å². The van der Waals surface area contributed by atoms with Gasteiger partial charge >= 0.3 is 11.9 Å². The van der Waals surface area contributed by atoms with Crippen LogP contribution in [0.3, 0.4) is 0 Å². The van der Waals surface area contributed by atoms with Gasteiger partial charge in [-0.1, -0.05) is 6.42 Å². The molecule has 114 valence electrons. The molecular formula is C14H18N2O5. The Hall–Kier alpha value is -2.57. The zero-order valence-electron chi connectivity index (χ0n) is 11.4. The zero-order valence-corrected chi connectivity index (χ0v) is 11.4. The van der Waals surface area contributed by atoms with Gasteiger partial charge in [0.15, 0.2) is 0 Å². The third-order valence-corrected chi connectivity index (χ3v) is 2.91. The topological polar surface area (TPSA) is 130 Å². The number of nitrogens with one attached hydrogen (secondary N) is 1. The van der Waals surface area contributed by atoms with Gasteiger partial charge in [-0.05, 0) is 37.1 Å². The molecule has 7 heteroatoms. The number of benzene rings is 1. The third kappa shape index (κ3) is 5.94. The van der Waals surface area contributed by atoms with Crippen LogP contribution >= 0.6 is 0 Å². The summed E-state index contributed by atoms with van der Waals surface area (Å²) in [4.78, 5) is 33.4. The van der Waals surface area contributed by atoms with Crippen LogP contribution < -0.4 is 11.1 Å². The van der Waals surface area contributed by atoms with E-state index in [9.17, 15) is 14.4 Å². The Balaban J connectivity index is 2.53. The second-order valence-electron chi connectivity index (χ2n) is 4.63. The molecule has 1 aromatic rings. The summed E-state index contributed by atoms with van der Waals surface area (Å²) in [5.74, 6) is -2.57. The number of carbonyl (C=O) groups excluding carboxylic acids is 1. The summed E-state index contributed by atoms with van der Waals surface area (Å²) in [6.07, 6.45) is 0.948. The number of hydrogen-bond donors (Lipinski definition) is 4. The van der Waals surface area contributed by atoms with Crippen LogP contribution in [-0.4, -0.2) is 34.1 Å². The van der Waals surface area contributed by atoms with Gasteiger partial charge in [-0.15, -0.1) is 0 Å². The molecule has 0 fully saturated rings. The van der Waals surface area contributed by atoms with Crippen LogP contribution in [0.2, 0.25) is 0 Å². The van der Waals surface area contributed by atoms with E-state index in [1.807, 2.05) is 0 Å². The molecule has 0 saturated carbocycles. The van der Waals surface area contributed by atoms with Crippen molar-refractivity contribution in [3.8, 4) is 0 Å². The van der Waals surface area contributed by atoms with E-state index >= 15 is 0 Å². The van der Waals surface area contributed by atoms with Crippen LogP contribution in [0, 0.1) is 0 Å². The van der Waals surface area contributed by atoms with E-state index in [1.54, 1.807) is 12.1 Å². The molecule has 0 aliphatic rings. The molecule has 1 amide bonds. The number of carboxylic acids is 2. The monoisotopic (exact) mass is 294 g/mol. The third-order valence-electron chi connectivity index (χ3n) is 2.91. The van der Waals surface area contributed by atoms with Crippen LogP contribution in [0.1, 0.15) is 36.0 Å². The van der Waals surface area contributed by atoms with Crippen molar-refractivity contribution in [1.29, 1.82) is 0 Å². The van der Waals surface area contributed by atoms with Gasteiger partial charge in [-0.3, -0.25) is 9.59 Å². The van der Waals surface area contributed by atoms with Crippen molar-refractivity contribution >= 4 is 23.5 Å². The van der Waals surface area contributed by atoms with Crippen molar-refractivity contribution in [2.75, 3.05) is 5.73 Å². The lowest BCUT2D eigenvalue weighted by Crippen LogP contribution is -2.40. The fourth-order valence-electron chi connectivity index (χ4n) is 1.76. The average molecular weight is 294 g/mol. The molecule has 0 heterocycles. The normalized spacial score (nSPS) is 11.6. The number of carboxylic acid groups (broad SMARTS) is 2. The van der Waals surface area contributed by atoms with Crippen molar-refractivity contribution < 1.29 is 24.6 Å². The molecule has 7 nitrogen and oxygen atoms in total. The van der Waals surface area contributed by atoms with Gasteiger partial charge in [0.25, 0.3) is 5.91 Å². The van der Waals surface area contributed by atoms with Crippen LogP contribution in [0.25, 0.3) is 0 Å². The predicted octanol–water partition coefficient (Wildman–Crippen LogP) is 1.10. The molecule has 1 aromatic carbocycles. The lowest BCUT2D eigenvalue weighted by atomic mass is 10.1. The summed E-state index contributed by atoms with van der Waals surface area (Å²) < 4.78 is 0. The van der Waals surface area contributed by atoms with E-state index in [4.69, 9.17) is 15.9 Å². The van der Waals surface area contributed by atoms with E-state index in [0.29, 0.717) is 24.1 Å². The minimum Gasteiger partial charge on any atom is -0.481 e. The summed E-state index contributed by atoms with van der Waals surface area (Å²) in [6.45, 7) is 0. The van der Waals surface area contributed by atoms with E-state index < -0.39 is 23.9 Å². The molecule has 0 spiro atoms. The Labute approximate surface area is 121 Å². The number of aliphatic carboxylic acids is 2. The highest BCUT2D eigenvalue weighted by Crippen LogP contribution is 2.08. The number of carbonyl (C=O) groups is 3. The van der Waals surface area contributed by atoms with Gasteiger partial charge in [-0.2, -0.15) is 0 Å². The maximum Gasteiger partial charge on any atom is 0.326 e. The second kappa shape index (κ2) is 7.88. The Morgan fingerprint density at radius 1 is 1.10 bits per heavy atom. The first kappa shape index (κ1) is 16.5. The van der Waals surface area contributed by atoms with Gasteiger partial charge in [0.05, 0.1) is 0 Å². The van der Waals surface area contributed by atoms with Crippen molar-refractivity contribution in [2.24, 2.45) is 0 Å². The molecule has 0 aromatic heterocycles. The highest BCUT2D eigenvalue weighted by atomic mass is 16.4. The van der Waals surface area contributed by atoms with E-state index in [1.165, 1.54) is 12.1 Å². The largest absolute Gasteiger partial charge is 0.481 e. The number of nitrogen functional groups attached to an aromatic ring is 1. The summed E-state index contributed by atoms with van der Waals surface area (Å²) in [5, 5.41) is 20.0. The molecule has 1 rings (SSSR count). The maximum absolute atomic E-state index is 11.9. The van der Waals surface area contributed by atoms with Crippen LogP contribution in [0.5, 0.6) is 0 Å². The van der Waals surface area contributed by atoms with Crippen molar-refractivity contribution in [1.82, 2.24) is 5.32 Å². The highest BCUT2D eigenvalue weighted by molar-refractivity contribution is 5.96. The molecule has 0 aliphatic heterocycles. The van der Waals surface area contributed by atoms with Crippen molar-refractivity contribution in [3.05, 3.63) is 29.8 Å². The molecular weight excluding hydrogens is 276 g/mol. The molecule has 1 atom stereocenters. The number of unbranched alkanes of at least 4 members (excludes halogenated alkanes) is 1. The number of hydrogen-bond acceptors (Lipinski definition) is 4. The Kier molecular flexibility index (Phi) is 6.19. The lowest BCUT2D eigenvalue weighted by molar-refractivity contribution is -0.139. The highest BCUT2D eigenvalue weighted by Gasteiger charge is 2.20. The van der Waals surface area contributed by atoms with E-state index in [-0.39, 0.29) is 12.8 Å². The van der Waals surface area contributed by atoms with Crippen molar-refractivity contribution in [3.63, 3.8) is 0 Å². The summed E-state index contributed by atoms with van der Waals surface area (Å²) in [7, 11) is 0. The Bertz CT molecular complexity index is 513. The summed E-state index contributed by atoms with van der Waals surface area (Å²) in [6, 6.07) is 5.08. The fraction of sp³-hybridized carbons (Fsp3) is 0.357. The first-order valence-corrected chi connectivity index (χ1v) is 6.51. The van der Waals surface area contributed by atoms with Crippen LogP contribution in [0.15, 0.2) is 24.3 Å². The quantitative estimate of drug-likeness (QED) is 0.419. The molecule has 21 heavy (non-hydrogen) atoms. The molecule has 0 radical (unpaired) electrons. The summed E-state index contributed by atoms with van der Waals surface area (Å²) in [5.41, 5.74) is 6.34. The summed E-state index contributed by atoms with van der Waals surface area (Å²) >= 11 is 0. The van der Waals surface area contributed by atoms with E-state index in [0.717, 1.165) is 0 Å². The zero-order chi connectivity index (χ0) is 15.8. The van der Waals surface area contributed by atoms with Gasteiger partial charge in [0.1, 0.15) is 6.04 Å². The van der Waals surface area contributed by atoms with Gasteiger partial charge in [0.2, 0.25) is 0 Å². The lowest BCUT2D eigenvalue weighted by Gasteiger charge is -2.14. The molecule has 0 bridgehead atoms. The smallest absolute Gasteiger partial charge is 0.326 e.